The molecule has 3 aromatic rings. The van der Waals surface area contributed by atoms with E-state index in [1.165, 1.54) is 34.7 Å². The summed E-state index contributed by atoms with van der Waals surface area (Å²) in [6.45, 7) is 6.04. The van der Waals surface area contributed by atoms with Crippen molar-refractivity contribution in [3.05, 3.63) is 105 Å². The van der Waals surface area contributed by atoms with Crippen molar-refractivity contribution in [2.24, 2.45) is 0 Å². The summed E-state index contributed by atoms with van der Waals surface area (Å²) in [4.78, 5) is 14.7. The molecule has 150 valence electrons. The third-order valence-electron chi connectivity index (χ3n) is 4.33. The van der Waals surface area contributed by atoms with Crippen LogP contribution in [0.1, 0.15) is 27.0 Å². The molecule has 3 rings (SSSR count). The van der Waals surface area contributed by atoms with Crippen LogP contribution in [0.5, 0.6) is 0 Å². The van der Waals surface area contributed by atoms with Crippen molar-refractivity contribution in [3.63, 3.8) is 0 Å². The molecule has 0 saturated carbocycles. The largest absolute Gasteiger partial charge is 0.312 e. The Bertz CT molecular complexity index is 1040. The highest BCUT2D eigenvalue weighted by molar-refractivity contribution is 8.22. The Morgan fingerprint density at radius 1 is 0.733 bits per heavy atom. The van der Waals surface area contributed by atoms with Crippen LogP contribution in [-0.4, -0.2) is 5.91 Å². The van der Waals surface area contributed by atoms with E-state index >= 15 is 0 Å². The predicted molar refractivity (Wildman–Crippen MR) is 125 cm³/mol. The number of hydrogen-bond acceptors (Lipinski definition) is 4. The number of benzene rings is 3. The summed E-state index contributed by atoms with van der Waals surface area (Å²) in [6, 6.07) is 25.7. The maximum absolute atomic E-state index is 12.7. The van der Waals surface area contributed by atoms with Crippen LogP contribution in [0.3, 0.4) is 0 Å². The van der Waals surface area contributed by atoms with Crippen molar-refractivity contribution < 1.29 is 4.79 Å². The van der Waals surface area contributed by atoms with Gasteiger partial charge in [0.25, 0.3) is 5.91 Å². The summed E-state index contributed by atoms with van der Waals surface area (Å²) < 4.78 is 0.727. The molecule has 0 spiro atoms. The lowest BCUT2D eigenvalue weighted by Gasteiger charge is -2.12. The van der Waals surface area contributed by atoms with Crippen LogP contribution < -0.4 is 5.32 Å². The first-order chi connectivity index (χ1) is 14.4. The summed E-state index contributed by atoms with van der Waals surface area (Å²) in [5.74, 6) is -0.293. The second-order valence-corrected chi connectivity index (χ2v) is 9.35. The first kappa shape index (κ1) is 21.8. The Balaban J connectivity index is 1.92. The molecule has 0 aliphatic heterocycles. The van der Waals surface area contributed by atoms with E-state index in [2.05, 4.69) is 11.4 Å². The number of carbonyl (C=O) groups excluding carboxylic acids is 1. The Morgan fingerprint density at radius 2 is 1.13 bits per heavy atom. The van der Waals surface area contributed by atoms with Gasteiger partial charge < -0.3 is 5.32 Å². The summed E-state index contributed by atoms with van der Waals surface area (Å²) in [5.41, 5.74) is 4.19. The zero-order chi connectivity index (χ0) is 21.5. The standard InChI is InChI=1S/C25H22N2OS2/c1-17-4-10-20(11-5-17)24(28)27-23(16-26)25(29-21-12-6-18(2)7-13-21)30-22-14-8-19(3)9-15-22/h4-15H,1-3H3,(H,27,28). The quantitative estimate of drug-likeness (QED) is 0.353. The van der Waals surface area contributed by atoms with Crippen LogP contribution in [0, 0.1) is 32.1 Å². The number of aryl methyl sites for hydroxylation is 3. The number of carbonyl (C=O) groups is 1. The fraction of sp³-hybridized carbons (Fsp3) is 0.120. The minimum Gasteiger partial charge on any atom is -0.312 e. The van der Waals surface area contributed by atoms with E-state index in [4.69, 9.17) is 0 Å². The third kappa shape index (κ3) is 6.03. The molecule has 0 bridgehead atoms. The SMILES string of the molecule is Cc1ccc(SC(Sc2ccc(C)cc2)=C(C#N)NC(=O)c2ccc(C)cc2)cc1. The molecular formula is C25H22N2OS2. The van der Waals surface area contributed by atoms with Crippen LogP contribution in [0.15, 0.2) is 92.5 Å². The zero-order valence-corrected chi connectivity index (χ0v) is 18.7. The molecular weight excluding hydrogens is 408 g/mol. The molecule has 0 unspecified atom stereocenters. The van der Waals surface area contributed by atoms with Gasteiger partial charge in [-0.2, -0.15) is 5.26 Å². The van der Waals surface area contributed by atoms with Gasteiger partial charge >= 0.3 is 0 Å². The van der Waals surface area contributed by atoms with Gasteiger partial charge in [0.2, 0.25) is 0 Å². The molecule has 3 aromatic carbocycles. The third-order valence-corrected chi connectivity index (χ3v) is 6.63. The van der Waals surface area contributed by atoms with Gasteiger partial charge in [0, 0.05) is 15.4 Å². The van der Waals surface area contributed by atoms with Gasteiger partial charge in [-0.1, -0.05) is 76.6 Å². The van der Waals surface area contributed by atoms with E-state index in [0.29, 0.717) is 5.56 Å². The number of amides is 1. The Kier molecular flexibility index (Phi) is 7.40. The predicted octanol–water partition coefficient (Wildman–Crippen LogP) is 6.62. The van der Waals surface area contributed by atoms with Crippen LogP contribution >= 0.6 is 23.5 Å². The van der Waals surface area contributed by atoms with Gasteiger partial charge in [0.1, 0.15) is 11.8 Å². The van der Waals surface area contributed by atoms with Crippen molar-refractivity contribution in [2.75, 3.05) is 0 Å². The van der Waals surface area contributed by atoms with Gasteiger partial charge in [-0.15, -0.1) is 0 Å². The second kappa shape index (κ2) is 10.2. The molecule has 30 heavy (non-hydrogen) atoms. The minimum absolute atomic E-state index is 0.247. The second-order valence-electron chi connectivity index (χ2n) is 6.92. The Morgan fingerprint density at radius 3 is 1.53 bits per heavy atom. The van der Waals surface area contributed by atoms with Crippen molar-refractivity contribution in [1.29, 1.82) is 5.26 Å². The fourth-order valence-corrected chi connectivity index (χ4v) is 4.68. The molecule has 1 amide bonds. The van der Waals surface area contributed by atoms with Crippen molar-refractivity contribution in [1.82, 2.24) is 5.32 Å². The Labute approximate surface area is 186 Å². The van der Waals surface area contributed by atoms with Crippen LogP contribution in [0.4, 0.5) is 0 Å². The van der Waals surface area contributed by atoms with Crippen LogP contribution in [0.25, 0.3) is 0 Å². The smallest absolute Gasteiger partial charge is 0.256 e. The average Bonchev–Trinajstić information content (AvgIpc) is 2.75. The summed E-state index contributed by atoms with van der Waals surface area (Å²) >= 11 is 2.95. The molecule has 0 aliphatic rings. The topological polar surface area (TPSA) is 52.9 Å². The molecule has 0 aliphatic carbocycles. The number of nitrogens with zero attached hydrogens (tertiary/aromatic N) is 1. The van der Waals surface area contributed by atoms with E-state index in [0.717, 1.165) is 19.6 Å². The van der Waals surface area contributed by atoms with E-state index in [1.807, 2.05) is 81.4 Å². The lowest BCUT2D eigenvalue weighted by Crippen LogP contribution is -2.22. The molecule has 1 N–H and O–H groups in total. The normalized spacial score (nSPS) is 10.2. The van der Waals surface area contributed by atoms with Gasteiger partial charge in [-0.3, -0.25) is 4.79 Å². The molecule has 0 aromatic heterocycles. The fourth-order valence-electron chi connectivity index (χ4n) is 2.56. The van der Waals surface area contributed by atoms with Gasteiger partial charge in [0.05, 0.1) is 4.24 Å². The van der Waals surface area contributed by atoms with Gasteiger partial charge in [-0.05, 0) is 57.2 Å². The maximum atomic E-state index is 12.7. The van der Waals surface area contributed by atoms with E-state index in [1.54, 1.807) is 12.1 Å². The van der Waals surface area contributed by atoms with Gasteiger partial charge in [0.15, 0.2) is 0 Å². The van der Waals surface area contributed by atoms with Crippen LogP contribution in [-0.2, 0) is 0 Å². The summed E-state index contributed by atoms with van der Waals surface area (Å²) in [7, 11) is 0. The molecule has 0 atom stereocenters. The lowest BCUT2D eigenvalue weighted by atomic mass is 10.1. The molecule has 0 saturated heterocycles. The van der Waals surface area contributed by atoms with Crippen LogP contribution in [0.2, 0.25) is 0 Å². The van der Waals surface area contributed by atoms with Crippen molar-refractivity contribution in [3.8, 4) is 6.07 Å². The van der Waals surface area contributed by atoms with E-state index in [-0.39, 0.29) is 11.6 Å². The number of rotatable bonds is 6. The Hall–Kier alpha value is -2.94. The highest BCUT2D eigenvalue weighted by Gasteiger charge is 2.15. The maximum Gasteiger partial charge on any atom is 0.256 e. The number of allylic oxidation sites excluding steroid dienone is 1. The van der Waals surface area contributed by atoms with Crippen molar-refractivity contribution >= 4 is 29.4 Å². The van der Waals surface area contributed by atoms with E-state index in [9.17, 15) is 10.1 Å². The molecule has 0 radical (unpaired) electrons. The first-order valence-corrected chi connectivity index (χ1v) is 11.1. The van der Waals surface area contributed by atoms with Crippen molar-refractivity contribution in [2.45, 2.75) is 30.6 Å². The average molecular weight is 431 g/mol. The summed E-state index contributed by atoms with van der Waals surface area (Å²) in [6.07, 6.45) is 0. The molecule has 0 fully saturated rings. The lowest BCUT2D eigenvalue weighted by molar-refractivity contribution is 0.0967. The minimum atomic E-state index is -0.293. The number of nitriles is 1. The number of nitrogens with one attached hydrogen (secondary N) is 1. The molecule has 5 heteroatoms. The number of thioether (sulfide) groups is 2. The van der Waals surface area contributed by atoms with E-state index < -0.39 is 0 Å². The molecule has 3 nitrogen and oxygen atoms in total. The highest BCUT2D eigenvalue weighted by atomic mass is 32.2. The zero-order valence-electron chi connectivity index (χ0n) is 17.1. The highest BCUT2D eigenvalue weighted by Crippen LogP contribution is 2.40. The monoisotopic (exact) mass is 430 g/mol. The first-order valence-electron chi connectivity index (χ1n) is 9.46. The summed E-state index contributed by atoms with van der Waals surface area (Å²) in [5, 5.41) is 12.6. The number of hydrogen-bond donors (Lipinski definition) is 1. The van der Waals surface area contributed by atoms with Gasteiger partial charge in [-0.25, -0.2) is 0 Å². The molecule has 0 heterocycles.